The van der Waals surface area contributed by atoms with E-state index in [2.05, 4.69) is 41.4 Å². The van der Waals surface area contributed by atoms with Gasteiger partial charge in [0.2, 0.25) is 10.9 Å². The molecule has 0 aliphatic heterocycles. The molecule has 0 saturated carbocycles. The maximum absolute atomic E-state index is 12.7. The standard InChI is InChI=1S/C33H45ClN2O2S.BrH/c1-3-4-5-6-7-8-9-10-11-12-13-14-21-38-31-19-18-29(32(34)25-31)24-33(37)35-30-17-15-16-28(23-30)26-36-20-22-39-27(36)2;/h15-20,22-23,25H,3-14,21,24,26H2,1-2H3;1H. The number of halogens is 2. The predicted molar refractivity (Wildman–Crippen MR) is 165 cm³/mol. The fraction of sp³-hybridized carbons (Fsp3) is 0.515. The maximum Gasteiger partial charge on any atom is 0.234 e. The van der Waals surface area contributed by atoms with Crippen molar-refractivity contribution in [2.24, 2.45) is 0 Å². The number of rotatable bonds is 19. The number of carbonyl (C=O) groups is 1. The molecule has 1 heterocycles. The van der Waals surface area contributed by atoms with Gasteiger partial charge in [0.25, 0.3) is 0 Å². The average molecular weight is 650 g/mol. The molecule has 1 amide bonds. The van der Waals surface area contributed by atoms with Crippen molar-refractivity contribution in [2.45, 2.75) is 104 Å². The number of aromatic nitrogens is 1. The van der Waals surface area contributed by atoms with Crippen LogP contribution in [0.15, 0.2) is 54.0 Å². The topological polar surface area (TPSA) is 42.2 Å². The molecule has 3 rings (SSSR count). The van der Waals surface area contributed by atoms with Gasteiger partial charge in [-0.05, 0) is 36.2 Å². The van der Waals surface area contributed by atoms with E-state index in [4.69, 9.17) is 16.3 Å². The van der Waals surface area contributed by atoms with Crippen molar-refractivity contribution in [1.82, 2.24) is 0 Å². The van der Waals surface area contributed by atoms with Crippen molar-refractivity contribution in [3.8, 4) is 5.75 Å². The second kappa shape index (κ2) is 20.1. The van der Waals surface area contributed by atoms with Crippen molar-refractivity contribution < 1.29 is 31.1 Å². The van der Waals surface area contributed by atoms with E-state index in [1.165, 1.54) is 75.6 Å². The van der Waals surface area contributed by atoms with Gasteiger partial charge in [0.05, 0.1) is 18.4 Å². The molecule has 1 aromatic heterocycles. The Morgan fingerprint density at radius 3 is 2.23 bits per heavy atom. The smallest absolute Gasteiger partial charge is 0.234 e. The van der Waals surface area contributed by atoms with Crippen LogP contribution >= 0.6 is 22.9 Å². The van der Waals surface area contributed by atoms with Crippen molar-refractivity contribution in [3.63, 3.8) is 0 Å². The lowest BCUT2D eigenvalue weighted by molar-refractivity contribution is -0.689. The molecule has 0 atom stereocenters. The zero-order valence-corrected chi connectivity index (χ0v) is 27.4. The van der Waals surface area contributed by atoms with E-state index in [1.54, 1.807) is 11.3 Å². The fourth-order valence-corrected chi connectivity index (χ4v) is 5.66. The Morgan fingerprint density at radius 1 is 0.925 bits per heavy atom. The minimum absolute atomic E-state index is 0. The Hall–Kier alpha value is -1.89. The Balaban J connectivity index is 0.00000560. The minimum atomic E-state index is -0.0846. The number of amides is 1. The summed E-state index contributed by atoms with van der Waals surface area (Å²) >= 11 is 8.22. The van der Waals surface area contributed by atoms with Crippen molar-refractivity contribution >= 4 is 34.5 Å². The third kappa shape index (κ3) is 13.2. The zero-order valence-electron chi connectivity index (χ0n) is 24.2. The minimum Gasteiger partial charge on any atom is -1.00 e. The van der Waals surface area contributed by atoms with Crippen LogP contribution in [0.5, 0.6) is 5.75 Å². The summed E-state index contributed by atoms with van der Waals surface area (Å²) in [5, 5.41) is 6.91. The lowest BCUT2D eigenvalue weighted by Crippen LogP contribution is -3.00. The summed E-state index contributed by atoms with van der Waals surface area (Å²) in [5.74, 6) is 0.680. The molecule has 0 bridgehead atoms. The van der Waals surface area contributed by atoms with E-state index in [0.717, 1.165) is 35.5 Å². The lowest BCUT2D eigenvalue weighted by atomic mass is 10.1. The maximum atomic E-state index is 12.7. The summed E-state index contributed by atoms with van der Waals surface area (Å²) in [6.07, 6.45) is 18.3. The van der Waals surface area contributed by atoms with Crippen LogP contribution in [0.3, 0.4) is 0 Å². The Kier molecular flexibility index (Phi) is 17.2. The third-order valence-electron chi connectivity index (χ3n) is 7.09. The predicted octanol–water partition coefficient (Wildman–Crippen LogP) is 6.31. The molecule has 3 aromatic rings. The van der Waals surface area contributed by atoms with E-state index in [1.807, 2.05) is 36.4 Å². The van der Waals surface area contributed by atoms with E-state index in [9.17, 15) is 4.79 Å². The third-order valence-corrected chi connectivity index (χ3v) is 8.27. The quantitative estimate of drug-likeness (QED) is 0.122. The van der Waals surface area contributed by atoms with Crippen molar-refractivity contribution in [3.05, 3.63) is 75.2 Å². The van der Waals surface area contributed by atoms with Crippen LogP contribution in [0.1, 0.15) is 100 Å². The number of benzene rings is 2. The van der Waals surface area contributed by atoms with Gasteiger partial charge in [-0.3, -0.25) is 4.79 Å². The van der Waals surface area contributed by atoms with Gasteiger partial charge >= 0.3 is 0 Å². The highest BCUT2D eigenvalue weighted by molar-refractivity contribution is 7.09. The number of nitrogens with one attached hydrogen (secondary N) is 1. The first-order valence-electron chi connectivity index (χ1n) is 14.8. The van der Waals surface area contributed by atoms with Crippen LogP contribution in [0.4, 0.5) is 5.69 Å². The molecule has 220 valence electrons. The summed E-state index contributed by atoms with van der Waals surface area (Å²) in [6, 6.07) is 13.6. The molecule has 7 heteroatoms. The number of thiazole rings is 1. The first-order chi connectivity index (χ1) is 19.0. The van der Waals surface area contributed by atoms with Crippen LogP contribution in [0.25, 0.3) is 0 Å². The number of hydrogen-bond acceptors (Lipinski definition) is 3. The number of hydrogen-bond donors (Lipinski definition) is 1. The molecule has 0 unspecified atom stereocenters. The number of carbonyl (C=O) groups excluding carboxylic acids is 1. The molecule has 0 fully saturated rings. The summed E-state index contributed by atoms with van der Waals surface area (Å²) in [4.78, 5) is 12.7. The lowest BCUT2D eigenvalue weighted by Gasteiger charge is -2.10. The molecule has 40 heavy (non-hydrogen) atoms. The van der Waals surface area contributed by atoms with Gasteiger partial charge in [0.1, 0.15) is 5.75 Å². The van der Waals surface area contributed by atoms with E-state index >= 15 is 0 Å². The Labute approximate surface area is 261 Å². The molecular formula is C33H46BrClN2O2S. The highest BCUT2D eigenvalue weighted by atomic mass is 79.9. The SMILES string of the molecule is CCCCCCCCCCCCCCOc1ccc(CC(=O)Nc2cccc(C[n+]3ccsc3C)c2)c(Cl)c1.[Br-]. The molecule has 0 aliphatic carbocycles. The Morgan fingerprint density at radius 2 is 1.60 bits per heavy atom. The summed E-state index contributed by atoms with van der Waals surface area (Å²) < 4.78 is 8.11. The van der Waals surface area contributed by atoms with Crippen LogP contribution in [0, 0.1) is 6.92 Å². The molecular weight excluding hydrogens is 604 g/mol. The van der Waals surface area contributed by atoms with Gasteiger partial charge in [-0.25, -0.2) is 0 Å². The van der Waals surface area contributed by atoms with Gasteiger partial charge in [0.15, 0.2) is 12.7 Å². The first-order valence-corrected chi connectivity index (χ1v) is 16.0. The van der Waals surface area contributed by atoms with Gasteiger partial charge in [-0.1, -0.05) is 119 Å². The number of ether oxygens (including phenoxy) is 1. The normalized spacial score (nSPS) is 10.8. The van der Waals surface area contributed by atoms with E-state index in [0.29, 0.717) is 11.6 Å². The summed E-state index contributed by atoms with van der Waals surface area (Å²) in [7, 11) is 0. The second-order valence-corrected chi connectivity index (χ2v) is 12.0. The fourth-order valence-electron chi connectivity index (χ4n) is 4.76. The number of aryl methyl sites for hydroxylation is 1. The molecule has 0 radical (unpaired) electrons. The average Bonchev–Trinajstić information content (AvgIpc) is 3.32. The van der Waals surface area contributed by atoms with Crippen LogP contribution < -0.4 is 31.6 Å². The second-order valence-electron chi connectivity index (χ2n) is 10.5. The monoisotopic (exact) mass is 648 g/mol. The molecule has 4 nitrogen and oxygen atoms in total. The van der Waals surface area contributed by atoms with E-state index < -0.39 is 0 Å². The van der Waals surface area contributed by atoms with E-state index in [-0.39, 0.29) is 29.3 Å². The molecule has 0 saturated heterocycles. The van der Waals surface area contributed by atoms with Crippen LogP contribution in [0.2, 0.25) is 5.02 Å². The molecule has 0 aliphatic rings. The first kappa shape index (κ1) is 34.3. The highest BCUT2D eigenvalue weighted by Gasteiger charge is 2.12. The molecule has 0 spiro atoms. The van der Waals surface area contributed by atoms with Crippen LogP contribution in [-0.4, -0.2) is 12.5 Å². The van der Waals surface area contributed by atoms with Crippen molar-refractivity contribution in [1.29, 1.82) is 0 Å². The number of unbranched alkanes of at least 4 members (excludes halogenated alkanes) is 11. The number of nitrogens with zero attached hydrogens (tertiary/aromatic N) is 1. The zero-order chi connectivity index (χ0) is 27.7. The van der Waals surface area contributed by atoms with Gasteiger partial charge < -0.3 is 27.0 Å². The highest BCUT2D eigenvalue weighted by Crippen LogP contribution is 2.24. The summed E-state index contributed by atoms with van der Waals surface area (Å²) in [6.45, 7) is 5.86. The molecule has 1 N–H and O–H groups in total. The van der Waals surface area contributed by atoms with Crippen molar-refractivity contribution in [2.75, 3.05) is 11.9 Å². The van der Waals surface area contributed by atoms with Crippen LogP contribution in [-0.2, 0) is 17.8 Å². The van der Waals surface area contributed by atoms with Gasteiger partial charge in [-0.15, -0.1) is 0 Å². The Bertz CT molecular complexity index is 1140. The summed E-state index contributed by atoms with van der Waals surface area (Å²) in [5.41, 5.74) is 2.74. The van der Waals surface area contributed by atoms with Gasteiger partial charge in [-0.2, -0.15) is 4.57 Å². The van der Waals surface area contributed by atoms with Gasteiger partial charge in [0, 0.05) is 23.2 Å². The largest absolute Gasteiger partial charge is 1.00 e. The molecule has 2 aromatic carbocycles. The number of anilines is 1.